The molecule has 0 rings (SSSR count). The summed E-state index contributed by atoms with van der Waals surface area (Å²) in [5.41, 5.74) is 0. The van der Waals surface area contributed by atoms with E-state index < -0.39 is 37.0 Å². The molecule has 0 aliphatic carbocycles. The van der Waals surface area contributed by atoms with Crippen LogP contribution in [0.1, 0.15) is 77.0 Å². The summed E-state index contributed by atoms with van der Waals surface area (Å²) < 4.78 is 0. The normalized spacial score (nSPS) is 11.9. The molecule has 0 aliphatic rings. The zero-order chi connectivity index (χ0) is 23.5. The monoisotopic (exact) mass is 462 g/mol. The Morgan fingerprint density at radius 1 is 0.742 bits per heavy atom. The Labute approximate surface area is 190 Å². The van der Waals surface area contributed by atoms with Crippen LogP contribution in [-0.2, 0) is 19.2 Å². The van der Waals surface area contributed by atoms with Crippen molar-refractivity contribution in [3.63, 3.8) is 0 Å². The van der Waals surface area contributed by atoms with Crippen molar-refractivity contribution >= 4 is 36.4 Å². The molecule has 0 spiro atoms. The molecule has 0 aromatic rings. The minimum atomic E-state index is -1.28. The number of nitrogens with one attached hydrogen (secondary N) is 1. The first-order valence-corrected chi connectivity index (χ1v) is 11.7. The number of unbranched alkanes of at least 4 members (excludes halogenated alkanes) is 8. The van der Waals surface area contributed by atoms with Gasteiger partial charge >= 0.3 is 17.9 Å². The van der Waals surface area contributed by atoms with Gasteiger partial charge in [-0.25, -0.2) is 0 Å². The number of hydrogen-bond donors (Lipinski definition) is 5. The first-order chi connectivity index (χ1) is 14.8. The van der Waals surface area contributed by atoms with Crippen LogP contribution in [0.2, 0.25) is 0 Å². The van der Waals surface area contributed by atoms with Crippen LogP contribution in [-0.4, -0.2) is 75.5 Å². The molecule has 0 aromatic carbocycles. The van der Waals surface area contributed by atoms with Gasteiger partial charge in [0.2, 0.25) is 5.91 Å². The lowest BCUT2D eigenvalue weighted by molar-refractivity contribution is -0.149. The number of nitrogens with zero attached hydrogens (tertiary/aromatic N) is 1. The van der Waals surface area contributed by atoms with Crippen LogP contribution in [0.3, 0.4) is 0 Å². The van der Waals surface area contributed by atoms with Crippen LogP contribution in [0.4, 0.5) is 0 Å². The molecule has 1 amide bonds. The number of carbonyl (C=O) groups excluding carboxylic acids is 1. The van der Waals surface area contributed by atoms with E-state index in [1.807, 2.05) is 0 Å². The van der Waals surface area contributed by atoms with Crippen molar-refractivity contribution in [1.82, 2.24) is 10.2 Å². The van der Waals surface area contributed by atoms with Gasteiger partial charge in [-0.1, -0.05) is 38.5 Å². The van der Waals surface area contributed by atoms with E-state index in [4.69, 9.17) is 10.2 Å². The lowest BCUT2D eigenvalue weighted by atomic mass is 10.1. The fourth-order valence-electron chi connectivity index (χ4n) is 3.32. The molecule has 0 aromatic heterocycles. The molecule has 9 nitrogen and oxygen atoms in total. The second-order valence-electron chi connectivity index (χ2n) is 7.69. The molecule has 0 fully saturated rings. The SMILES string of the molecule is O=C(O)CN(CC(=O)O)C(CCCCNC(=O)CCCCCCCCCCS)C(=O)O. The van der Waals surface area contributed by atoms with E-state index in [9.17, 15) is 24.3 Å². The highest BCUT2D eigenvalue weighted by molar-refractivity contribution is 7.80. The third-order valence-electron chi connectivity index (χ3n) is 4.94. The molecule has 180 valence electrons. The van der Waals surface area contributed by atoms with E-state index >= 15 is 0 Å². The average Bonchev–Trinajstić information content (AvgIpc) is 2.67. The van der Waals surface area contributed by atoms with Crippen molar-refractivity contribution in [1.29, 1.82) is 0 Å². The van der Waals surface area contributed by atoms with E-state index in [0.29, 0.717) is 25.8 Å². The molecule has 0 saturated heterocycles. The van der Waals surface area contributed by atoms with Crippen LogP contribution in [0, 0.1) is 0 Å². The summed E-state index contributed by atoms with van der Waals surface area (Å²) in [6.07, 6.45) is 10.6. The highest BCUT2D eigenvalue weighted by Gasteiger charge is 2.28. The number of aliphatic carboxylic acids is 3. The molecule has 1 atom stereocenters. The molecule has 0 bridgehead atoms. The summed E-state index contributed by atoms with van der Waals surface area (Å²) in [6.45, 7) is -0.903. The summed E-state index contributed by atoms with van der Waals surface area (Å²) in [6, 6.07) is -1.19. The van der Waals surface area contributed by atoms with E-state index in [0.717, 1.165) is 29.9 Å². The van der Waals surface area contributed by atoms with Gasteiger partial charge in [0, 0.05) is 13.0 Å². The van der Waals surface area contributed by atoms with Gasteiger partial charge in [-0.15, -0.1) is 0 Å². The molecule has 1 unspecified atom stereocenters. The van der Waals surface area contributed by atoms with Gasteiger partial charge in [0.1, 0.15) is 6.04 Å². The largest absolute Gasteiger partial charge is 0.480 e. The van der Waals surface area contributed by atoms with Crippen LogP contribution < -0.4 is 5.32 Å². The second-order valence-corrected chi connectivity index (χ2v) is 8.14. The van der Waals surface area contributed by atoms with Crippen LogP contribution in [0.5, 0.6) is 0 Å². The van der Waals surface area contributed by atoms with Crippen molar-refractivity contribution in [2.24, 2.45) is 0 Å². The van der Waals surface area contributed by atoms with Crippen LogP contribution >= 0.6 is 12.6 Å². The third kappa shape index (κ3) is 17.6. The van der Waals surface area contributed by atoms with Gasteiger partial charge in [0.05, 0.1) is 13.1 Å². The fourth-order valence-corrected chi connectivity index (χ4v) is 3.55. The highest BCUT2D eigenvalue weighted by atomic mass is 32.1. The van der Waals surface area contributed by atoms with Crippen molar-refractivity contribution < 1.29 is 34.5 Å². The number of rotatable bonds is 21. The lowest BCUT2D eigenvalue weighted by Gasteiger charge is -2.25. The van der Waals surface area contributed by atoms with E-state index in [1.54, 1.807) is 0 Å². The molecular formula is C21H38N2O7S. The van der Waals surface area contributed by atoms with E-state index in [1.165, 1.54) is 32.1 Å². The highest BCUT2D eigenvalue weighted by Crippen LogP contribution is 2.11. The van der Waals surface area contributed by atoms with Crippen molar-refractivity contribution in [2.45, 2.75) is 83.1 Å². The topological polar surface area (TPSA) is 144 Å². The Bertz CT molecular complexity index is 530. The van der Waals surface area contributed by atoms with Crippen molar-refractivity contribution in [2.75, 3.05) is 25.4 Å². The van der Waals surface area contributed by atoms with Crippen molar-refractivity contribution in [3.05, 3.63) is 0 Å². The van der Waals surface area contributed by atoms with Gasteiger partial charge < -0.3 is 20.6 Å². The maximum absolute atomic E-state index is 11.9. The second kappa shape index (κ2) is 18.9. The molecule has 31 heavy (non-hydrogen) atoms. The Morgan fingerprint density at radius 2 is 1.26 bits per heavy atom. The number of carboxylic acid groups (broad SMARTS) is 3. The van der Waals surface area contributed by atoms with E-state index in [2.05, 4.69) is 17.9 Å². The first-order valence-electron chi connectivity index (χ1n) is 11.1. The standard InChI is InChI=1S/C21H38N2O7S/c24-18(12-7-5-3-1-2-4-6-10-14-31)22-13-9-8-11-17(21(29)30)23(15-19(25)26)16-20(27)28/h17,31H,1-16H2,(H,22,24)(H,25,26)(H,27,28)(H,29,30). The van der Waals surface area contributed by atoms with Gasteiger partial charge in [-0.2, -0.15) is 12.6 Å². The Kier molecular flexibility index (Phi) is 17.8. The zero-order valence-corrected chi connectivity index (χ0v) is 19.2. The van der Waals surface area contributed by atoms with Gasteiger partial charge in [0.25, 0.3) is 0 Å². The third-order valence-corrected chi connectivity index (χ3v) is 5.26. The van der Waals surface area contributed by atoms with Gasteiger partial charge in [-0.3, -0.25) is 24.1 Å². The number of carbonyl (C=O) groups is 4. The summed E-state index contributed by atoms with van der Waals surface area (Å²) in [4.78, 5) is 46.0. The average molecular weight is 463 g/mol. The molecule has 4 N–H and O–H groups in total. The van der Waals surface area contributed by atoms with Crippen LogP contribution in [0.15, 0.2) is 0 Å². The Balaban J connectivity index is 3.95. The predicted octanol–water partition coefficient (Wildman–Crippen LogP) is 2.64. The fraction of sp³-hybridized carbons (Fsp3) is 0.810. The Morgan fingerprint density at radius 3 is 1.74 bits per heavy atom. The van der Waals surface area contributed by atoms with Crippen molar-refractivity contribution in [3.8, 4) is 0 Å². The van der Waals surface area contributed by atoms with Crippen LogP contribution in [0.25, 0.3) is 0 Å². The summed E-state index contributed by atoms with van der Waals surface area (Å²) in [5.74, 6) is -2.90. The molecular weight excluding hydrogens is 424 g/mol. The Hall–Kier alpha value is -1.81. The molecule has 10 heteroatoms. The van der Waals surface area contributed by atoms with Gasteiger partial charge in [0.15, 0.2) is 0 Å². The number of amides is 1. The summed E-state index contributed by atoms with van der Waals surface area (Å²) in [5, 5.41) is 29.9. The zero-order valence-electron chi connectivity index (χ0n) is 18.3. The summed E-state index contributed by atoms with van der Waals surface area (Å²) in [7, 11) is 0. The smallest absolute Gasteiger partial charge is 0.320 e. The number of hydrogen-bond acceptors (Lipinski definition) is 6. The maximum atomic E-state index is 11.9. The minimum Gasteiger partial charge on any atom is -0.480 e. The molecule has 0 heterocycles. The number of thiol groups is 1. The first kappa shape index (κ1) is 29.2. The maximum Gasteiger partial charge on any atom is 0.320 e. The lowest BCUT2D eigenvalue weighted by Crippen LogP contribution is -2.46. The van der Waals surface area contributed by atoms with E-state index in [-0.39, 0.29) is 12.3 Å². The quantitative estimate of drug-likeness (QED) is 0.129. The summed E-state index contributed by atoms with van der Waals surface area (Å²) >= 11 is 4.19. The molecule has 0 aliphatic heterocycles. The van der Waals surface area contributed by atoms with Gasteiger partial charge in [-0.05, 0) is 37.9 Å². The minimum absolute atomic E-state index is 0.0260. The molecule has 0 radical (unpaired) electrons. The number of carboxylic acids is 3. The molecule has 0 saturated carbocycles. The predicted molar refractivity (Wildman–Crippen MR) is 121 cm³/mol.